The number of carbonyl (C=O) groups is 1. The van der Waals surface area contributed by atoms with E-state index in [1.54, 1.807) is 37.1 Å². The van der Waals surface area contributed by atoms with Crippen molar-refractivity contribution in [2.45, 2.75) is 19.4 Å². The molecule has 2 atom stereocenters. The molecule has 2 aromatic rings. The van der Waals surface area contributed by atoms with Gasteiger partial charge in [0.25, 0.3) is 5.56 Å². The standard InChI is InChI=1S/C16H20N4O3/c1-10-8-11(9-19(2)16(10)22)18-15(21)12-5-7-23-14(12)13-4-6-17-20(13)3/h4,6,8-9,12,14H,5,7H2,1-3H3,(H,18,21)/t12-,14-/m1/s1. The Morgan fingerprint density at radius 3 is 2.87 bits per heavy atom. The third kappa shape index (κ3) is 2.92. The van der Waals surface area contributed by atoms with Gasteiger partial charge >= 0.3 is 0 Å². The van der Waals surface area contributed by atoms with Crippen LogP contribution in [0.4, 0.5) is 5.69 Å². The summed E-state index contributed by atoms with van der Waals surface area (Å²) >= 11 is 0. The lowest BCUT2D eigenvalue weighted by molar-refractivity contribution is -0.121. The summed E-state index contributed by atoms with van der Waals surface area (Å²) in [6.45, 7) is 2.27. The van der Waals surface area contributed by atoms with Gasteiger partial charge in [-0.3, -0.25) is 14.3 Å². The largest absolute Gasteiger partial charge is 0.371 e. The van der Waals surface area contributed by atoms with Gasteiger partial charge in [-0.05, 0) is 25.5 Å². The average molecular weight is 316 g/mol. The minimum Gasteiger partial charge on any atom is -0.371 e. The van der Waals surface area contributed by atoms with Crippen LogP contribution in [0.2, 0.25) is 0 Å². The summed E-state index contributed by atoms with van der Waals surface area (Å²) in [4.78, 5) is 24.4. The predicted molar refractivity (Wildman–Crippen MR) is 85.1 cm³/mol. The van der Waals surface area contributed by atoms with E-state index in [0.29, 0.717) is 24.3 Å². The van der Waals surface area contributed by atoms with Crippen molar-refractivity contribution in [1.29, 1.82) is 0 Å². The van der Waals surface area contributed by atoms with Crippen molar-refractivity contribution in [2.75, 3.05) is 11.9 Å². The number of aromatic nitrogens is 3. The Kier molecular flexibility index (Phi) is 4.04. The maximum Gasteiger partial charge on any atom is 0.253 e. The molecule has 0 aliphatic carbocycles. The fourth-order valence-corrected chi connectivity index (χ4v) is 2.99. The Balaban J connectivity index is 1.80. The van der Waals surface area contributed by atoms with E-state index in [0.717, 1.165) is 5.69 Å². The van der Waals surface area contributed by atoms with Crippen LogP contribution in [-0.2, 0) is 23.6 Å². The molecular formula is C16H20N4O3. The van der Waals surface area contributed by atoms with Crippen LogP contribution in [0, 0.1) is 12.8 Å². The lowest BCUT2D eigenvalue weighted by Gasteiger charge is -2.18. The van der Waals surface area contributed by atoms with Crippen LogP contribution in [0.3, 0.4) is 0 Å². The molecule has 7 heteroatoms. The third-order valence-corrected chi connectivity index (χ3v) is 4.21. The molecule has 0 spiro atoms. The SMILES string of the molecule is Cc1cc(NC(=O)[C@@H]2CCO[C@H]2c2ccnn2C)cn(C)c1=O. The molecule has 1 amide bonds. The second-order valence-corrected chi connectivity index (χ2v) is 5.88. The van der Waals surface area contributed by atoms with E-state index < -0.39 is 0 Å². The first-order valence-electron chi connectivity index (χ1n) is 7.55. The number of hydrogen-bond donors (Lipinski definition) is 1. The molecule has 1 saturated heterocycles. The minimum absolute atomic E-state index is 0.0695. The summed E-state index contributed by atoms with van der Waals surface area (Å²) in [5.41, 5.74) is 2.03. The number of rotatable bonds is 3. The number of ether oxygens (including phenoxy) is 1. The highest BCUT2D eigenvalue weighted by atomic mass is 16.5. The molecule has 3 heterocycles. The first-order valence-corrected chi connectivity index (χ1v) is 7.55. The minimum atomic E-state index is -0.295. The molecule has 1 aliphatic rings. The normalized spacial score (nSPS) is 20.7. The van der Waals surface area contributed by atoms with Gasteiger partial charge in [-0.25, -0.2) is 0 Å². The number of pyridine rings is 1. The number of anilines is 1. The van der Waals surface area contributed by atoms with E-state index in [9.17, 15) is 9.59 Å². The van der Waals surface area contributed by atoms with E-state index in [1.165, 1.54) is 4.57 Å². The van der Waals surface area contributed by atoms with E-state index in [4.69, 9.17) is 4.74 Å². The summed E-state index contributed by atoms with van der Waals surface area (Å²) < 4.78 is 8.94. The van der Waals surface area contributed by atoms with Crippen LogP contribution in [0.5, 0.6) is 0 Å². The molecule has 23 heavy (non-hydrogen) atoms. The van der Waals surface area contributed by atoms with Crippen molar-refractivity contribution in [3.8, 4) is 0 Å². The van der Waals surface area contributed by atoms with Gasteiger partial charge in [0.2, 0.25) is 5.91 Å². The topological polar surface area (TPSA) is 78.2 Å². The van der Waals surface area contributed by atoms with E-state index in [2.05, 4.69) is 10.4 Å². The molecule has 0 radical (unpaired) electrons. The molecular weight excluding hydrogens is 296 g/mol. The van der Waals surface area contributed by atoms with Gasteiger partial charge in [0.05, 0.1) is 17.3 Å². The zero-order valence-electron chi connectivity index (χ0n) is 13.4. The Labute approximate surface area is 133 Å². The Hall–Kier alpha value is -2.41. The van der Waals surface area contributed by atoms with E-state index in [1.807, 2.05) is 13.1 Å². The van der Waals surface area contributed by atoms with Crippen LogP contribution in [-0.4, -0.2) is 26.9 Å². The second-order valence-electron chi connectivity index (χ2n) is 5.88. The maximum atomic E-state index is 12.6. The van der Waals surface area contributed by atoms with Crippen molar-refractivity contribution in [2.24, 2.45) is 20.0 Å². The zero-order chi connectivity index (χ0) is 16.6. The van der Waals surface area contributed by atoms with Crippen LogP contribution < -0.4 is 10.9 Å². The number of nitrogens with zero attached hydrogens (tertiary/aromatic N) is 3. The summed E-state index contributed by atoms with van der Waals surface area (Å²) in [5.74, 6) is -0.380. The Morgan fingerprint density at radius 2 is 2.22 bits per heavy atom. The average Bonchev–Trinajstić information content (AvgIpc) is 3.12. The van der Waals surface area contributed by atoms with Gasteiger partial charge in [-0.2, -0.15) is 5.10 Å². The van der Waals surface area contributed by atoms with Crippen LogP contribution in [0.25, 0.3) is 0 Å². The van der Waals surface area contributed by atoms with Gasteiger partial charge in [-0.15, -0.1) is 0 Å². The highest BCUT2D eigenvalue weighted by Gasteiger charge is 2.36. The molecule has 7 nitrogen and oxygen atoms in total. The molecule has 122 valence electrons. The van der Waals surface area contributed by atoms with Gasteiger partial charge < -0.3 is 14.6 Å². The van der Waals surface area contributed by atoms with Gasteiger partial charge in [0.15, 0.2) is 0 Å². The number of aryl methyl sites for hydroxylation is 3. The van der Waals surface area contributed by atoms with Gasteiger partial charge in [0, 0.05) is 38.7 Å². The maximum absolute atomic E-state index is 12.6. The first kappa shape index (κ1) is 15.5. The van der Waals surface area contributed by atoms with E-state index >= 15 is 0 Å². The zero-order valence-corrected chi connectivity index (χ0v) is 13.4. The van der Waals surface area contributed by atoms with Crippen molar-refractivity contribution in [3.05, 3.63) is 46.1 Å². The monoisotopic (exact) mass is 316 g/mol. The molecule has 2 aromatic heterocycles. The lowest BCUT2D eigenvalue weighted by atomic mass is 9.98. The quantitative estimate of drug-likeness (QED) is 0.921. The summed E-state index contributed by atoms with van der Waals surface area (Å²) in [7, 11) is 3.50. The number of amides is 1. The predicted octanol–water partition coefficient (Wildman–Crippen LogP) is 1.14. The fourth-order valence-electron chi connectivity index (χ4n) is 2.99. The Morgan fingerprint density at radius 1 is 1.43 bits per heavy atom. The number of carbonyl (C=O) groups excluding carboxylic acids is 1. The summed E-state index contributed by atoms with van der Waals surface area (Å²) in [6.07, 6.45) is 3.69. The van der Waals surface area contributed by atoms with Gasteiger partial charge in [0.1, 0.15) is 6.10 Å². The molecule has 3 rings (SSSR count). The van der Waals surface area contributed by atoms with Gasteiger partial charge in [-0.1, -0.05) is 0 Å². The highest BCUT2D eigenvalue weighted by Crippen LogP contribution is 2.34. The highest BCUT2D eigenvalue weighted by molar-refractivity contribution is 5.93. The summed E-state index contributed by atoms with van der Waals surface area (Å²) in [6, 6.07) is 3.56. The molecule has 1 fully saturated rings. The van der Waals surface area contributed by atoms with Crippen molar-refractivity contribution < 1.29 is 9.53 Å². The smallest absolute Gasteiger partial charge is 0.253 e. The van der Waals surface area contributed by atoms with Crippen molar-refractivity contribution in [1.82, 2.24) is 14.3 Å². The summed E-state index contributed by atoms with van der Waals surface area (Å²) in [5, 5.41) is 7.03. The van der Waals surface area contributed by atoms with Crippen LogP contribution in [0.1, 0.15) is 23.8 Å². The van der Waals surface area contributed by atoms with Crippen molar-refractivity contribution in [3.63, 3.8) is 0 Å². The van der Waals surface area contributed by atoms with Crippen molar-refractivity contribution >= 4 is 11.6 Å². The molecule has 0 saturated carbocycles. The van der Waals surface area contributed by atoms with E-state index in [-0.39, 0.29) is 23.5 Å². The Bertz CT molecular complexity index is 767. The first-order chi connectivity index (χ1) is 11.0. The third-order valence-electron chi connectivity index (χ3n) is 4.21. The molecule has 0 aromatic carbocycles. The van der Waals surface area contributed by atoms with Crippen LogP contribution in [0.15, 0.2) is 29.3 Å². The molecule has 1 N–H and O–H groups in total. The number of nitrogens with one attached hydrogen (secondary N) is 1. The molecule has 0 bridgehead atoms. The second kappa shape index (κ2) is 6.00. The molecule has 1 aliphatic heterocycles. The number of hydrogen-bond acceptors (Lipinski definition) is 4. The lowest BCUT2D eigenvalue weighted by Crippen LogP contribution is -2.27. The van der Waals surface area contributed by atoms with Crippen LogP contribution >= 0.6 is 0 Å². The fraction of sp³-hybridized carbons (Fsp3) is 0.438. The molecule has 0 unspecified atom stereocenters.